The van der Waals surface area contributed by atoms with Gasteiger partial charge in [0.25, 0.3) is 0 Å². The van der Waals surface area contributed by atoms with Gasteiger partial charge in [-0.05, 0) is 36.6 Å². The molecule has 0 bridgehead atoms. The molecule has 1 aliphatic carbocycles. The molecule has 1 N–H and O–H groups in total. The van der Waals surface area contributed by atoms with E-state index in [1.807, 2.05) is 18.7 Å². The predicted octanol–water partition coefficient (Wildman–Crippen LogP) is 5.09. The van der Waals surface area contributed by atoms with Crippen LogP contribution >= 0.6 is 22.9 Å². The molecule has 4 aromatic heterocycles. The maximum atomic E-state index is 13.5. The van der Waals surface area contributed by atoms with Crippen molar-refractivity contribution in [3.8, 4) is 10.4 Å². The largest absolute Gasteiger partial charge is 0.340 e. The molecular weight excluding hydrogens is 449 g/mol. The molecule has 0 atom stereocenters. The van der Waals surface area contributed by atoms with Crippen LogP contribution < -0.4 is 5.32 Å². The van der Waals surface area contributed by atoms with Crippen LogP contribution in [0.1, 0.15) is 11.3 Å². The van der Waals surface area contributed by atoms with Crippen molar-refractivity contribution in [2.75, 3.05) is 5.32 Å². The predicted molar refractivity (Wildman–Crippen MR) is 123 cm³/mol. The van der Waals surface area contributed by atoms with Gasteiger partial charge < -0.3 is 9.88 Å². The van der Waals surface area contributed by atoms with Gasteiger partial charge in [0.1, 0.15) is 22.8 Å². The van der Waals surface area contributed by atoms with Gasteiger partial charge in [-0.25, -0.2) is 19.3 Å². The fourth-order valence-corrected chi connectivity index (χ4v) is 5.58. The smallest absolute Gasteiger partial charge is 0.142 e. The van der Waals surface area contributed by atoms with Crippen LogP contribution in [-0.2, 0) is 25.9 Å². The summed E-state index contributed by atoms with van der Waals surface area (Å²) >= 11 is 7.61. The van der Waals surface area contributed by atoms with E-state index in [-0.39, 0.29) is 5.02 Å². The van der Waals surface area contributed by atoms with Crippen molar-refractivity contribution in [3.05, 3.63) is 71.5 Å². The number of aromatic nitrogens is 6. The Morgan fingerprint density at radius 2 is 2.12 bits per heavy atom. The number of nitrogens with one attached hydrogen (secondary N) is 1. The van der Waals surface area contributed by atoms with E-state index in [0.717, 1.165) is 41.7 Å². The molecule has 0 aliphatic heterocycles. The molecule has 0 radical (unpaired) electrons. The van der Waals surface area contributed by atoms with Gasteiger partial charge in [0.15, 0.2) is 0 Å². The number of rotatable bonds is 5. The maximum Gasteiger partial charge on any atom is 0.142 e. The van der Waals surface area contributed by atoms with E-state index in [1.165, 1.54) is 22.2 Å². The first-order valence-electron chi connectivity index (χ1n) is 10.2. The summed E-state index contributed by atoms with van der Waals surface area (Å²) in [4.78, 5) is 15.2. The fourth-order valence-electron chi connectivity index (χ4n) is 4.18. The number of fused-ring (bicyclic) bond motifs is 5. The van der Waals surface area contributed by atoms with Crippen LogP contribution in [0.15, 0.2) is 49.4 Å². The normalized spacial score (nSPS) is 12.7. The number of thiophene rings is 1. The number of aryl methyl sites for hydroxylation is 3. The Bertz CT molecular complexity index is 1440. The van der Waals surface area contributed by atoms with Gasteiger partial charge in [0.2, 0.25) is 0 Å². The second-order valence-electron chi connectivity index (χ2n) is 7.59. The second kappa shape index (κ2) is 7.68. The molecule has 4 heterocycles. The monoisotopic (exact) mass is 465 g/mol. The lowest BCUT2D eigenvalue weighted by Crippen LogP contribution is -2.13. The van der Waals surface area contributed by atoms with Gasteiger partial charge >= 0.3 is 0 Å². The average molecular weight is 466 g/mol. The van der Waals surface area contributed by atoms with Crippen LogP contribution in [0.25, 0.3) is 20.7 Å². The minimum absolute atomic E-state index is 0.0698. The zero-order valence-corrected chi connectivity index (χ0v) is 18.4. The molecule has 5 aromatic rings. The van der Waals surface area contributed by atoms with Crippen molar-refractivity contribution >= 4 is 44.7 Å². The first-order valence-corrected chi connectivity index (χ1v) is 11.4. The Hall–Kier alpha value is -3.30. The molecule has 0 fully saturated rings. The summed E-state index contributed by atoms with van der Waals surface area (Å²) in [6.07, 6.45) is 10.8. The molecule has 160 valence electrons. The summed E-state index contributed by atoms with van der Waals surface area (Å²) in [5.41, 5.74) is 4.32. The Morgan fingerprint density at radius 3 is 2.97 bits per heavy atom. The molecule has 1 aliphatic rings. The Labute approximate surface area is 191 Å². The molecule has 1 aromatic carbocycles. The molecule has 7 nitrogen and oxygen atoms in total. The van der Waals surface area contributed by atoms with Crippen molar-refractivity contribution in [3.63, 3.8) is 0 Å². The quantitative estimate of drug-likeness (QED) is 0.391. The third-order valence-corrected chi connectivity index (χ3v) is 7.17. The van der Waals surface area contributed by atoms with Crippen molar-refractivity contribution in [1.82, 2.24) is 29.3 Å². The fraction of sp³-hybridized carbons (Fsp3) is 0.182. The Kier molecular flexibility index (Phi) is 4.65. The zero-order valence-electron chi connectivity index (χ0n) is 16.8. The van der Waals surface area contributed by atoms with Gasteiger partial charge in [-0.15, -0.1) is 11.3 Å². The summed E-state index contributed by atoms with van der Waals surface area (Å²) in [6.45, 7) is 1.62. The Morgan fingerprint density at radius 1 is 1.19 bits per heavy atom. The molecule has 32 heavy (non-hydrogen) atoms. The average Bonchev–Trinajstić information content (AvgIpc) is 3.53. The van der Waals surface area contributed by atoms with Crippen molar-refractivity contribution < 1.29 is 4.39 Å². The van der Waals surface area contributed by atoms with Gasteiger partial charge in [-0.1, -0.05) is 11.6 Å². The van der Waals surface area contributed by atoms with Crippen LogP contribution in [0.3, 0.4) is 0 Å². The van der Waals surface area contributed by atoms with Crippen LogP contribution in [-0.4, -0.2) is 29.3 Å². The van der Waals surface area contributed by atoms with Crippen molar-refractivity contribution in [2.45, 2.75) is 25.9 Å². The molecular formula is C22H17ClFN7S. The summed E-state index contributed by atoms with van der Waals surface area (Å²) in [7, 11) is 0. The third-order valence-electron chi connectivity index (χ3n) is 5.70. The first-order chi connectivity index (χ1) is 15.7. The number of halogens is 2. The highest BCUT2D eigenvalue weighted by Gasteiger charge is 2.27. The highest BCUT2D eigenvalue weighted by Crippen LogP contribution is 2.45. The highest BCUT2D eigenvalue weighted by molar-refractivity contribution is 7.22. The van der Waals surface area contributed by atoms with E-state index in [2.05, 4.69) is 34.6 Å². The third kappa shape index (κ3) is 3.25. The summed E-state index contributed by atoms with van der Waals surface area (Å²) in [5.74, 6) is 0.252. The summed E-state index contributed by atoms with van der Waals surface area (Å²) in [6, 6.07) is 4.55. The van der Waals surface area contributed by atoms with E-state index in [0.29, 0.717) is 11.5 Å². The minimum Gasteiger partial charge on any atom is -0.340 e. The molecule has 0 unspecified atom stereocenters. The molecule has 0 amide bonds. The van der Waals surface area contributed by atoms with Crippen LogP contribution in [0.5, 0.6) is 0 Å². The minimum atomic E-state index is -0.449. The standard InChI is InChI=1S/C22H17ClFN7S/c23-16-9-13(1-3-17(16)24)29-21-19-14-2-4-18-15(20(14)32-22(19)27-11-26-21)10-28-31(18)8-7-30-6-5-25-12-30/h1,3,5-6,9-12H,2,4,7-8H2,(H,26,27,29). The number of hydrogen-bond acceptors (Lipinski definition) is 6. The molecule has 0 spiro atoms. The molecule has 6 rings (SSSR count). The van der Waals surface area contributed by atoms with Crippen LogP contribution in [0.4, 0.5) is 15.9 Å². The number of benzene rings is 1. The maximum absolute atomic E-state index is 13.5. The van der Waals surface area contributed by atoms with E-state index in [9.17, 15) is 4.39 Å². The van der Waals surface area contributed by atoms with Gasteiger partial charge in [-0.3, -0.25) is 4.68 Å². The zero-order chi connectivity index (χ0) is 21.7. The first kappa shape index (κ1) is 19.4. The lowest BCUT2D eigenvalue weighted by Gasteiger charge is -2.16. The topological polar surface area (TPSA) is 73.5 Å². The van der Waals surface area contributed by atoms with Crippen LogP contribution in [0, 0.1) is 5.82 Å². The summed E-state index contributed by atoms with van der Waals surface area (Å²) in [5, 5.41) is 9.03. The Balaban J connectivity index is 1.37. The van der Waals surface area contributed by atoms with E-state index in [1.54, 1.807) is 36.0 Å². The lowest BCUT2D eigenvalue weighted by atomic mass is 9.95. The van der Waals surface area contributed by atoms with Crippen LogP contribution in [0.2, 0.25) is 5.02 Å². The van der Waals surface area contributed by atoms with Gasteiger partial charge in [-0.2, -0.15) is 5.10 Å². The second-order valence-corrected chi connectivity index (χ2v) is 9.00. The lowest BCUT2D eigenvalue weighted by molar-refractivity contribution is 0.514. The number of nitrogens with zero attached hydrogens (tertiary/aromatic N) is 6. The van der Waals surface area contributed by atoms with E-state index in [4.69, 9.17) is 11.6 Å². The van der Waals surface area contributed by atoms with Crippen molar-refractivity contribution in [2.24, 2.45) is 0 Å². The molecule has 0 saturated heterocycles. The van der Waals surface area contributed by atoms with E-state index < -0.39 is 5.82 Å². The van der Waals surface area contributed by atoms with Gasteiger partial charge in [0, 0.05) is 40.8 Å². The summed E-state index contributed by atoms with van der Waals surface area (Å²) < 4.78 is 17.7. The van der Waals surface area contributed by atoms with Gasteiger partial charge in [0.05, 0.1) is 29.5 Å². The number of hydrogen-bond donors (Lipinski definition) is 1. The SMILES string of the molecule is Fc1ccc(Nc2ncnc3sc4c(c23)CCc2c-4cnn2CCn2ccnc2)cc1Cl. The van der Waals surface area contributed by atoms with Crippen molar-refractivity contribution in [1.29, 1.82) is 0 Å². The molecule has 10 heteroatoms. The molecule has 0 saturated carbocycles. The van der Waals surface area contributed by atoms with E-state index >= 15 is 0 Å². The number of anilines is 2. The highest BCUT2D eigenvalue weighted by atomic mass is 35.5. The number of imidazole rings is 1.